The second kappa shape index (κ2) is 1.93. The average molecular weight is 102 g/mol. The molecule has 0 saturated carbocycles. The van der Waals surface area contributed by atoms with E-state index in [0.717, 1.165) is 0 Å². The van der Waals surface area contributed by atoms with Gasteiger partial charge in [0.25, 0.3) is 0 Å². The summed E-state index contributed by atoms with van der Waals surface area (Å²) < 4.78 is 0. The highest BCUT2D eigenvalue weighted by atomic mass is 16.4. The fourth-order valence-corrected chi connectivity index (χ4v) is 0.149. The second-order valence-electron chi connectivity index (χ2n) is 2.07. The lowest BCUT2D eigenvalue weighted by atomic mass is 10.1. The summed E-state index contributed by atoms with van der Waals surface area (Å²) in [4.78, 5) is 0. The molecule has 0 bridgehead atoms. The number of rotatable bonds is 1. The summed E-state index contributed by atoms with van der Waals surface area (Å²) >= 11 is 0. The lowest BCUT2D eigenvalue weighted by molar-refractivity contribution is 0.318. The summed E-state index contributed by atoms with van der Waals surface area (Å²) in [5.41, 5.74) is 4.85. The molecule has 0 rings (SSSR count). The smallest absolute Gasteiger partial charge is 0.0629 e. The van der Waals surface area contributed by atoms with Gasteiger partial charge in [0.1, 0.15) is 0 Å². The van der Waals surface area contributed by atoms with Gasteiger partial charge in [0.15, 0.2) is 0 Å². The van der Waals surface area contributed by atoms with Gasteiger partial charge in [0, 0.05) is 5.54 Å². The van der Waals surface area contributed by atoms with E-state index in [1.807, 2.05) is 0 Å². The fraction of sp³-hybridized carbons (Fsp3) is 0.750. The van der Waals surface area contributed by atoms with Gasteiger partial charge < -0.3 is 10.9 Å². The predicted molar refractivity (Wildman–Crippen MR) is 28.5 cm³/mol. The summed E-state index contributed by atoms with van der Waals surface area (Å²) in [7, 11) is 0. The Morgan fingerprint density at radius 1 is 1.71 bits per heavy atom. The van der Waals surface area contributed by atoms with Crippen molar-refractivity contribution in [1.82, 2.24) is 0 Å². The Balaban J connectivity index is 3.56. The number of hydrogen-bond acceptors (Lipinski definition) is 3. The highest BCUT2D eigenvalue weighted by Crippen LogP contribution is 1.87. The highest BCUT2D eigenvalue weighted by molar-refractivity contribution is 5.67. The summed E-state index contributed by atoms with van der Waals surface area (Å²) in [5, 5.41) is 10.6. The van der Waals surface area contributed by atoms with Gasteiger partial charge in [-0.3, -0.25) is 0 Å². The van der Waals surface area contributed by atoms with E-state index in [-0.39, 0.29) is 0 Å². The Morgan fingerprint density at radius 3 is 2.14 bits per heavy atom. The van der Waals surface area contributed by atoms with Crippen LogP contribution in [0, 0.1) is 0 Å². The molecule has 0 heterocycles. The molecule has 0 atom stereocenters. The van der Waals surface area contributed by atoms with Gasteiger partial charge in [-0.05, 0) is 13.8 Å². The van der Waals surface area contributed by atoms with E-state index in [9.17, 15) is 0 Å². The molecule has 7 heavy (non-hydrogen) atoms. The Labute approximate surface area is 42.8 Å². The van der Waals surface area contributed by atoms with Crippen LogP contribution in [-0.4, -0.2) is 17.0 Å². The van der Waals surface area contributed by atoms with Crippen molar-refractivity contribution in [3.8, 4) is 0 Å². The van der Waals surface area contributed by atoms with Crippen LogP contribution in [0.1, 0.15) is 13.8 Å². The Hall–Kier alpha value is -0.570. The molecule has 0 spiro atoms. The number of nitrogens with zero attached hydrogens (tertiary/aromatic N) is 1. The fourth-order valence-electron chi connectivity index (χ4n) is 0.149. The first-order chi connectivity index (χ1) is 3.06. The molecular formula is C4H10N2O. The summed E-state index contributed by atoms with van der Waals surface area (Å²) in [6.07, 6.45) is 1.27. The maximum absolute atomic E-state index is 7.89. The van der Waals surface area contributed by atoms with Crippen LogP contribution in [-0.2, 0) is 0 Å². The molecule has 0 aromatic heterocycles. The van der Waals surface area contributed by atoms with Crippen molar-refractivity contribution in [2.45, 2.75) is 19.4 Å². The molecule has 3 N–H and O–H groups in total. The molecule has 0 saturated heterocycles. The average Bonchev–Trinajstić information content (AvgIpc) is 1.30. The van der Waals surface area contributed by atoms with E-state index in [0.29, 0.717) is 0 Å². The minimum absolute atomic E-state index is 0.491. The van der Waals surface area contributed by atoms with Crippen LogP contribution < -0.4 is 5.73 Å². The summed E-state index contributed by atoms with van der Waals surface area (Å²) in [6, 6.07) is 0. The molecule has 0 amide bonds. The molecule has 0 aliphatic rings. The van der Waals surface area contributed by atoms with E-state index in [1.54, 1.807) is 13.8 Å². The first-order valence-corrected chi connectivity index (χ1v) is 2.04. The zero-order valence-corrected chi connectivity index (χ0v) is 4.55. The molecule has 0 unspecified atom stereocenters. The lowest BCUT2D eigenvalue weighted by Gasteiger charge is -2.07. The van der Waals surface area contributed by atoms with Crippen LogP contribution in [0.3, 0.4) is 0 Å². The van der Waals surface area contributed by atoms with Gasteiger partial charge >= 0.3 is 0 Å². The van der Waals surface area contributed by atoms with Gasteiger partial charge in [0.2, 0.25) is 0 Å². The van der Waals surface area contributed by atoms with Crippen molar-refractivity contribution in [3.05, 3.63) is 0 Å². The minimum Gasteiger partial charge on any atom is -0.411 e. The van der Waals surface area contributed by atoms with Gasteiger partial charge in [-0.1, -0.05) is 0 Å². The largest absolute Gasteiger partial charge is 0.411 e. The minimum atomic E-state index is -0.491. The number of hydrogen-bond donors (Lipinski definition) is 2. The van der Waals surface area contributed by atoms with Crippen LogP contribution in [0.5, 0.6) is 0 Å². The molecule has 0 radical (unpaired) electrons. The number of oxime groups is 1. The third kappa shape index (κ3) is 5.43. The van der Waals surface area contributed by atoms with Gasteiger partial charge in [-0.25, -0.2) is 0 Å². The van der Waals surface area contributed by atoms with Crippen molar-refractivity contribution in [1.29, 1.82) is 0 Å². The van der Waals surface area contributed by atoms with Crippen LogP contribution in [0.15, 0.2) is 5.16 Å². The van der Waals surface area contributed by atoms with E-state index < -0.39 is 5.54 Å². The SMILES string of the molecule is CC(C)(N)/C=N/O. The summed E-state index contributed by atoms with van der Waals surface area (Å²) in [5.74, 6) is 0. The number of nitrogens with two attached hydrogens (primary N) is 1. The van der Waals surface area contributed by atoms with Crippen LogP contribution in [0.2, 0.25) is 0 Å². The predicted octanol–water partition coefficient (Wildman–Crippen LogP) is 0.184. The van der Waals surface area contributed by atoms with Gasteiger partial charge in [-0.15, -0.1) is 5.16 Å². The third-order valence-electron chi connectivity index (χ3n) is 0.390. The first kappa shape index (κ1) is 6.43. The Morgan fingerprint density at radius 2 is 2.14 bits per heavy atom. The maximum Gasteiger partial charge on any atom is 0.0629 e. The lowest BCUT2D eigenvalue weighted by Crippen LogP contribution is -2.33. The molecule has 3 nitrogen and oxygen atoms in total. The van der Waals surface area contributed by atoms with E-state index in [2.05, 4.69) is 5.16 Å². The van der Waals surface area contributed by atoms with Crippen LogP contribution in [0.4, 0.5) is 0 Å². The van der Waals surface area contributed by atoms with Crippen molar-refractivity contribution >= 4 is 6.21 Å². The van der Waals surface area contributed by atoms with E-state index >= 15 is 0 Å². The molecule has 0 aromatic rings. The normalized spacial score (nSPS) is 13.0. The van der Waals surface area contributed by atoms with Gasteiger partial charge in [0.05, 0.1) is 6.21 Å². The molecule has 0 fully saturated rings. The Kier molecular flexibility index (Phi) is 1.77. The topological polar surface area (TPSA) is 58.6 Å². The van der Waals surface area contributed by atoms with Crippen LogP contribution in [0.25, 0.3) is 0 Å². The standard InChI is InChI=1S/C4H10N2O/c1-4(2,5)3-6-7/h3,7H,5H2,1-2H3/b6-3+. The van der Waals surface area contributed by atoms with Crippen molar-refractivity contribution in [2.24, 2.45) is 10.9 Å². The van der Waals surface area contributed by atoms with Crippen molar-refractivity contribution < 1.29 is 5.21 Å². The monoisotopic (exact) mass is 102 g/mol. The molecule has 0 aliphatic carbocycles. The maximum atomic E-state index is 7.89. The zero-order chi connectivity index (χ0) is 5.91. The highest BCUT2D eigenvalue weighted by Gasteiger charge is 2.04. The first-order valence-electron chi connectivity index (χ1n) is 2.04. The van der Waals surface area contributed by atoms with Crippen molar-refractivity contribution in [2.75, 3.05) is 0 Å². The summed E-state index contributed by atoms with van der Waals surface area (Å²) in [6.45, 7) is 3.49. The van der Waals surface area contributed by atoms with Crippen LogP contribution >= 0.6 is 0 Å². The molecule has 42 valence electrons. The van der Waals surface area contributed by atoms with Gasteiger partial charge in [-0.2, -0.15) is 0 Å². The third-order valence-corrected chi connectivity index (χ3v) is 0.390. The van der Waals surface area contributed by atoms with E-state index in [4.69, 9.17) is 10.9 Å². The quantitative estimate of drug-likeness (QED) is 0.282. The molecule has 0 aliphatic heterocycles. The molecule has 3 heteroatoms. The molecular weight excluding hydrogens is 92.1 g/mol. The van der Waals surface area contributed by atoms with E-state index in [1.165, 1.54) is 6.21 Å². The Bertz CT molecular complexity index is 72.2. The second-order valence-corrected chi connectivity index (χ2v) is 2.07. The van der Waals surface area contributed by atoms with Crippen molar-refractivity contribution in [3.63, 3.8) is 0 Å². The molecule has 0 aromatic carbocycles. The zero-order valence-electron chi connectivity index (χ0n) is 4.55.